The summed E-state index contributed by atoms with van der Waals surface area (Å²) >= 11 is 3.84. The molecule has 0 bridgehead atoms. The number of aromatic nitrogens is 3. The van der Waals surface area contributed by atoms with Crippen LogP contribution in [-0.4, -0.2) is 14.4 Å². The summed E-state index contributed by atoms with van der Waals surface area (Å²) in [6.45, 7) is 0. The van der Waals surface area contributed by atoms with Crippen LogP contribution in [-0.2, 0) is 0 Å². The van der Waals surface area contributed by atoms with Gasteiger partial charge in [0.1, 0.15) is 5.65 Å². The largest absolute Gasteiger partial charge is 0.335 e. The molecule has 0 aliphatic rings. The summed E-state index contributed by atoms with van der Waals surface area (Å²) in [4.78, 5) is 17.1. The Morgan fingerprint density at radius 1 is 1.58 bits per heavy atom. The lowest BCUT2D eigenvalue weighted by Crippen LogP contribution is -2.18. The molecule has 0 aliphatic heterocycles. The third-order valence-corrected chi connectivity index (χ3v) is 1.67. The zero-order valence-electron chi connectivity index (χ0n) is 5.78. The van der Waals surface area contributed by atoms with E-state index in [2.05, 4.69) is 22.6 Å². The molecule has 0 amide bonds. The lowest BCUT2D eigenvalue weighted by Gasteiger charge is -1.93. The maximum Gasteiger partial charge on any atom is 0.335 e. The summed E-state index contributed by atoms with van der Waals surface area (Å²) in [5, 5.41) is 0.172. The zero-order valence-corrected chi connectivity index (χ0v) is 6.68. The fourth-order valence-electron chi connectivity index (χ4n) is 0.978. The highest BCUT2D eigenvalue weighted by atomic mass is 32.1. The fourth-order valence-corrected chi connectivity index (χ4v) is 1.18. The topological polar surface area (TPSA) is 50.2 Å². The van der Waals surface area contributed by atoms with Crippen LogP contribution in [0.1, 0.15) is 0 Å². The quantitative estimate of drug-likeness (QED) is 0.585. The Morgan fingerprint density at radius 2 is 2.33 bits per heavy atom. The van der Waals surface area contributed by atoms with E-state index in [1.54, 1.807) is 0 Å². The van der Waals surface area contributed by atoms with Crippen LogP contribution in [0, 0.1) is 5.95 Å². The smallest absolute Gasteiger partial charge is 0.286 e. The van der Waals surface area contributed by atoms with Gasteiger partial charge in [0.2, 0.25) is 5.95 Å². The molecule has 2 rings (SSSR count). The predicted octanol–water partition coefficient (Wildman–Crippen LogP) is 0.450. The van der Waals surface area contributed by atoms with Crippen molar-refractivity contribution in [3.63, 3.8) is 0 Å². The van der Waals surface area contributed by atoms with Crippen LogP contribution in [0.15, 0.2) is 22.1 Å². The zero-order chi connectivity index (χ0) is 8.72. The van der Waals surface area contributed by atoms with Gasteiger partial charge in [-0.3, -0.25) is 4.98 Å². The Morgan fingerprint density at radius 3 is 3.08 bits per heavy atom. The summed E-state index contributed by atoms with van der Waals surface area (Å²) in [7, 11) is 0. The van der Waals surface area contributed by atoms with Gasteiger partial charge in [-0.05, 0) is 12.1 Å². The molecule has 2 aromatic heterocycles. The van der Waals surface area contributed by atoms with Gasteiger partial charge < -0.3 is 0 Å². The first-order valence-electron chi connectivity index (χ1n) is 3.15. The van der Waals surface area contributed by atoms with Gasteiger partial charge in [-0.1, -0.05) is 0 Å². The number of nitrogens with zero attached hydrogens (tertiary/aromatic N) is 2. The molecular weight excluding hydrogens is 181 g/mol. The first-order chi connectivity index (χ1) is 5.68. The van der Waals surface area contributed by atoms with Gasteiger partial charge in [-0.2, -0.15) is 4.39 Å². The van der Waals surface area contributed by atoms with Crippen LogP contribution in [0.5, 0.6) is 0 Å². The van der Waals surface area contributed by atoms with Crippen molar-refractivity contribution in [1.29, 1.82) is 0 Å². The van der Waals surface area contributed by atoms with Gasteiger partial charge in [0.25, 0.3) is 0 Å². The Labute approximate surface area is 71.5 Å². The summed E-state index contributed by atoms with van der Waals surface area (Å²) in [6, 6.07) is 2.58. The van der Waals surface area contributed by atoms with Crippen LogP contribution in [0.2, 0.25) is 0 Å². The molecule has 0 atom stereocenters. The molecule has 12 heavy (non-hydrogen) atoms. The van der Waals surface area contributed by atoms with Gasteiger partial charge >= 0.3 is 5.69 Å². The van der Waals surface area contributed by atoms with Crippen molar-refractivity contribution in [3.8, 4) is 0 Å². The molecule has 0 aliphatic carbocycles. The van der Waals surface area contributed by atoms with Gasteiger partial charge in [0.05, 0.1) is 0 Å². The summed E-state index contributed by atoms with van der Waals surface area (Å²) in [5.41, 5.74) is -0.325. The molecule has 4 nitrogen and oxygen atoms in total. The maximum absolute atomic E-state index is 12.8. The van der Waals surface area contributed by atoms with E-state index < -0.39 is 11.6 Å². The highest BCUT2D eigenvalue weighted by Crippen LogP contribution is 2.03. The average molecular weight is 185 g/mol. The van der Waals surface area contributed by atoms with Gasteiger partial charge in [-0.15, -0.1) is 12.6 Å². The minimum Gasteiger partial charge on any atom is -0.286 e. The average Bonchev–Trinajstić information content (AvgIpc) is 2.31. The lowest BCUT2D eigenvalue weighted by atomic mass is 10.6. The lowest BCUT2D eigenvalue weighted by molar-refractivity contribution is 0.559. The Kier molecular flexibility index (Phi) is 1.44. The molecule has 0 spiro atoms. The number of fused-ring (bicyclic) bond motifs is 1. The second-order valence-electron chi connectivity index (χ2n) is 2.22. The number of hydrogen-bond acceptors (Lipinski definition) is 3. The number of aromatic amines is 1. The molecule has 2 aromatic rings. The number of rotatable bonds is 0. The Bertz CT molecular complexity index is 489. The maximum atomic E-state index is 12.8. The molecule has 6 heteroatoms. The van der Waals surface area contributed by atoms with Crippen LogP contribution in [0.25, 0.3) is 5.65 Å². The van der Waals surface area contributed by atoms with Gasteiger partial charge in [0, 0.05) is 0 Å². The van der Waals surface area contributed by atoms with E-state index in [0.717, 1.165) is 4.40 Å². The number of halogens is 1. The highest BCUT2D eigenvalue weighted by Gasteiger charge is 2.04. The molecule has 2 heterocycles. The second kappa shape index (κ2) is 2.34. The summed E-state index contributed by atoms with van der Waals surface area (Å²) in [6.07, 6.45) is 0. The molecule has 0 radical (unpaired) electrons. The molecule has 0 saturated carbocycles. The first kappa shape index (κ1) is 7.35. The Hall–Kier alpha value is -1.30. The van der Waals surface area contributed by atoms with E-state index in [4.69, 9.17) is 0 Å². The van der Waals surface area contributed by atoms with Gasteiger partial charge in [0.15, 0.2) is 5.16 Å². The standard InChI is InChI=1S/C6H4FN3OS/c7-3-1-2-4-8-5(12)9-6(11)10(3)4/h1-2H,(H2,8,9,11,12). The normalized spacial score (nSPS) is 10.8. The van der Waals surface area contributed by atoms with Crippen LogP contribution >= 0.6 is 12.6 Å². The van der Waals surface area contributed by atoms with Gasteiger partial charge in [-0.25, -0.2) is 14.2 Å². The molecule has 0 fully saturated rings. The molecule has 1 N–H and O–H groups in total. The molecule has 0 aromatic carbocycles. The van der Waals surface area contributed by atoms with Crippen molar-refractivity contribution in [2.45, 2.75) is 5.16 Å². The second-order valence-corrected chi connectivity index (χ2v) is 2.64. The van der Waals surface area contributed by atoms with Crippen LogP contribution in [0.4, 0.5) is 4.39 Å². The van der Waals surface area contributed by atoms with Crippen molar-refractivity contribution < 1.29 is 4.39 Å². The monoisotopic (exact) mass is 185 g/mol. The van der Waals surface area contributed by atoms with Crippen molar-refractivity contribution >= 4 is 18.3 Å². The van der Waals surface area contributed by atoms with E-state index in [9.17, 15) is 9.18 Å². The predicted molar refractivity (Wildman–Crippen MR) is 43.0 cm³/mol. The van der Waals surface area contributed by atoms with E-state index >= 15 is 0 Å². The minimum atomic E-state index is -0.632. The first-order valence-corrected chi connectivity index (χ1v) is 3.59. The Balaban J connectivity index is 3.03. The number of H-pyrrole nitrogens is 1. The SMILES string of the molecule is O=c1[nH]c(S)nc2ccc(F)n12. The van der Waals surface area contributed by atoms with Crippen molar-refractivity contribution in [2.75, 3.05) is 0 Å². The van der Waals surface area contributed by atoms with Crippen LogP contribution in [0.3, 0.4) is 0 Å². The minimum absolute atomic E-state index is 0.172. The molecular formula is C6H4FN3OS. The van der Waals surface area contributed by atoms with Crippen molar-refractivity contribution in [3.05, 3.63) is 28.6 Å². The van der Waals surface area contributed by atoms with E-state index in [1.165, 1.54) is 12.1 Å². The number of nitrogens with one attached hydrogen (secondary N) is 1. The summed E-state index contributed by atoms with van der Waals surface area (Å²) < 4.78 is 13.6. The van der Waals surface area contributed by atoms with Crippen LogP contribution < -0.4 is 5.69 Å². The highest BCUT2D eigenvalue weighted by molar-refractivity contribution is 7.80. The summed E-state index contributed by atoms with van der Waals surface area (Å²) in [5.74, 6) is -0.632. The molecule has 62 valence electrons. The number of thiol groups is 1. The third kappa shape index (κ3) is 0.918. The van der Waals surface area contributed by atoms with E-state index in [0.29, 0.717) is 0 Å². The number of hydrogen-bond donors (Lipinski definition) is 2. The van der Waals surface area contributed by atoms with Crippen molar-refractivity contribution in [1.82, 2.24) is 14.4 Å². The van der Waals surface area contributed by atoms with Crippen molar-refractivity contribution in [2.24, 2.45) is 0 Å². The van der Waals surface area contributed by atoms with E-state index in [1.807, 2.05) is 0 Å². The van der Waals surface area contributed by atoms with E-state index in [-0.39, 0.29) is 10.8 Å². The molecule has 0 unspecified atom stereocenters. The fraction of sp³-hybridized carbons (Fsp3) is 0. The third-order valence-electron chi connectivity index (χ3n) is 1.45. The molecule has 0 saturated heterocycles.